The minimum Gasteiger partial charge on any atom is -0.446 e. The summed E-state index contributed by atoms with van der Waals surface area (Å²) in [6, 6.07) is 0.143. The number of rotatable bonds is 4. The van der Waals surface area contributed by atoms with Gasteiger partial charge in [0.15, 0.2) is 0 Å². The Labute approximate surface area is 96.9 Å². The van der Waals surface area contributed by atoms with Crippen LogP contribution in [-0.2, 0) is 9.47 Å². The Bertz CT molecular complexity index is 235. The number of hydrogen-bond acceptors (Lipinski definition) is 4. The fraction of sp³-hybridized carbons (Fsp3) is 0.909. The first-order valence-electron chi connectivity index (χ1n) is 5.78. The van der Waals surface area contributed by atoms with Crippen molar-refractivity contribution >= 4 is 6.09 Å². The largest absolute Gasteiger partial charge is 0.446 e. The van der Waals surface area contributed by atoms with E-state index in [1.54, 1.807) is 12.0 Å². The van der Waals surface area contributed by atoms with E-state index in [4.69, 9.17) is 15.2 Å². The zero-order chi connectivity index (χ0) is 12.1. The van der Waals surface area contributed by atoms with Gasteiger partial charge in [0.25, 0.3) is 0 Å². The van der Waals surface area contributed by atoms with E-state index < -0.39 is 0 Å². The van der Waals surface area contributed by atoms with Crippen LogP contribution in [-0.4, -0.2) is 49.4 Å². The lowest BCUT2D eigenvalue weighted by atomic mass is 10.2. The summed E-state index contributed by atoms with van der Waals surface area (Å²) in [5, 5.41) is 0. The maximum atomic E-state index is 11.8. The average Bonchev–Trinajstić information content (AvgIpc) is 2.57. The van der Waals surface area contributed by atoms with Crippen LogP contribution < -0.4 is 5.73 Å². The molecule has 16 heavy (non-hydrogen) atoms. The van der Waals surface area contributed by atoms with Gasteiger partial charge in [-0.05, 0) is 20.3 Å². The quantitative estimate of drug-likeness (QED) is 0.781. The van der Waals surface area contributed by atoms with Gasteiger partial charge in [-0.3, -0.25) is 0 Å². The number of likely N-dealkylation sites (tertiary alicyclic amines) is 1. The molecule has 2 N–H and O–H groups in total. The number of nitrogens with two attached hydrogens (primary N) is 1. The summed E-state index contributed by atoms with van der Waals surface area (Å²) in [6.07, 6.45) is 1.19. The normalized spacial score (nSPS) is 26.9. The maximum Gasteiger partial charge on any atom is 0.410 e. The van der Waals surface area contributed by atoms with Crippen LogP contribution in [0.4, 0.5) is 4.79 Å². The van der Waals surface area contributed by atoms with Crippen LogP contribution in [0.3, 0.4) is 0 Å². The van der Waals surface area contributed by atoms with Crippen molar-refractivity contribution in [2.45, 2.75) is 44.9 Å². The van der Waals surface area contributed by atoms with Gasteiger partial charge >= 0.3 is 6.09 Å². The molecule has 0 spiro atoms. The van der Waals surface area contributed by atoms with Crippen LogP contribution in [0.1, 0.15) is 26.7 Å². The van der Waals surface area contributed by atoms with Gasteiger partial charge in [0, 0.05) is 38.8 Å². The van der Waals surface area contributed by atoms with Crippen molar-refractivity contribution < 1.29 is 14.3 Å². The second kappa shape index (κ2) is 6.06. The molecule has 94 valence electrons. The molecule has 5 nitrogen and oxygen atoms in total. The number of nitrogens with zero attached hydrogens (tertiary/aromatic N) is 1. The molecule has 0 aromatic rings. The lowest BCUT2D eigenvalue weighted by Crippen LogP contribution is -2.41. The molecule has 1 rings (SSSR count). The molecule has 5 heteroatoms. The molecular formula is C11H22N2O3. The highest BCUT2D eigenvalue weighted by atomic mass is 16.6. The van der Waals surface area contributed by atoms with Gasteiger partial charge in [-0.2, -0.15) is 0 Å². The van der Waals surface area contributed by atoms with Gasteiger partial charge in [-0.15, -0.1) is 0 Å². The van der Waals surface area contributed by atoms with Gasteiger partial charge < -0.3 is 20.1 Å². The van der Waals surface area contributed by atoms with E-state index in [-0.39, 0.29) is 24.3 Å². The molecule has 0 aromatic heterocycles. The summed E-state index contributed by atoms with van der Waals surface area (Å²) in [6.45, 7) is 5.12. The van der Waals surface area contributed by atoms with E-state index in [1.807, 2.05) is 13.8 Å². The molecule has 1 fully saturated rings. The smallest absolute Gasteiger partial charge is 0.410 e. The summed E-state index contributed by atoms with van der Waals surface area (Å²) in [4.78, 5) is 13.5. The molecule has 1 amide bonds. The predicted molar refractivity (Wildman–Crippen MR) is 61.2 cm³/mol. The Kier molecular flexibility index (Phi) is 5.02. The lowest BCUT2D eigenvalue weighted by molar-refractivity contribution is 0.0515. The highest BCUT2D eigenvalue weighted by molar-refractivity contribution is 5.68. The summed E-state index contributed by atoms with van der Waals surface area (Å²) in [5.41, 5.74) is 5.85. The van der Waals surface area contributed by atoms with E-state index >= 15 is 0 Å². The van der Waals surface area contributed by atoms with Crippen LogP contribution in [0, 0.1) is 0 Å². The number of hydrogen-bond donors (Lipinski definition) is 1. The average molecular weight is 230 g/mol. The topological polar surface area (TPSA) is 64.8 Å². The van der Waals surface area contributed by atoms with Crippen LogP contribution in [0.25, 0.3) is 0 Å². The Balaban J connectivity index is 2.34. The highest BCUT2D eigenvalue weighted by Crippen LogP contribution is 2.17. The third-order valence-corrected chi connectivity index (χ3v) is 3.08. The molecule has 0 aromatic carbocycles. The number of carbonyl (C=O) groups excluding carboxylic acids is 1. The van der Waals surface area contributed by atoms with E-state index in [0.717, 1.165) is 12.8 Å². The molecule has 1 saturated heterocycles. The third-order valence-electron chi connectivity index (χ3n) is 3.08. The molecule has 0 saturated carbocycles. The second-order valence-corrected chi connectivity index (χ2v) is 4.36. The van der Waals surface area contributed by atoms with Crippen LogP contribution in [0.2, 0.25) is 0 Å². The molecule has 0 aliphatic carbocycles. The first-order chi connectivity index (χ1) is 7.56. The first-order valence-corrected chi connectivity index (χ1v) is 5.78. The molecule has 1 heterocycles. The number of methoxy groups -OCH3 is 1. The summed E-state index contributed by atoms with van der Waals surface area (Å²) >= 11 is 0. The van der Waals surface area contributed by atoms with Crippen LogP contribution in [0.5, 0.6) is 0 Å². The minimum atomic E-state index is -0.260. The van der Waals surface area contributed by atoms with Crippen molar-refractivity contribution in [2.75, 3.05) is 20.3 Å². The molecule has 0 bridgehead atoms. The molecule has 1 aliphatic heterocycles. The van der Waals surface area contributed by atoms with Crippen molar-refractivity contribution in [1.29, 1.82) is 0 Å². The Morgan fingerprint density at radius 2 is 2.31 bits per heavy atom. The maximum absolute atomic E-state index is 11.8. The van der Waals surface area contributed by atoms with Crippen molar-refractivity contribution in [3.05, 3.63) is 0 Å². The fourth-order valence-corrected chi connectivity index (χ4v) is 1.80. The van der Waals surface area contributed by atoms with E-state index in [0.29, 0.717) is 13.2 Å². The summed E-state index contributed by atoms with van der Waals surface area (Å²) < 4.78 is 10.2. The molecule has 3 atom stereocenters. The Hall–Kier alpha value is -0.810. The molecule has 0 radical (unpaired) electrons. The summed E-state index contributed by atoms with van der Waals surface area (Å²) in [5.74, 6) is 0. The van der Waals surface area contributed by atoms with Crippen molar-refractivity contribution in [3.63, 3.8) is 0 Å². The van der Waals surface area contributed by atoms with Crippen molar-refractivity contribution in [1.82, 2.24) is 4.90 Å². The number of ether oxygens (including phenoxy) is 2. The SMILES string of the molecule is COCCC(C)OC(=O)N1CCC(N)C1C. The Morgan fingerprint density at radius 3 is 2.81 bits per heavy atom. The number of amides is 1. The third kappa shape index (κ3) is 3.35. The lowest BCUT2D eigenvalue weighted by Gasteiger charge is -2.24. The van der Waals surface area contributed by atoms with E-state index in [2.05, 4.69) is 0 Å². The second-order valence-electron chi connectivity index (χ2n) is 4.36. The van der Waals surface area contributed by atoms with Gasteiger partial charge in [-0.1, -0.05) is 0 Å². The Morgan fingerprint density at radius 1 is 1.62 bits per heavy atom. The van der Waals surface area contributed by atoms with E-state index in [1.165, 1.54) is 0 Å². The van der Waals surface area contributed by atoms with Crippen LogP contribution >= 0.6 is 0 Å². The van der Waals surface area contributed by atoms with Crippen LogP contribution in [0.15, 0.2) is 0 Å². The minimum absolute atomic E-state index is 0.0711. The predicted octanol–water partition coefficient (Wildman–Crippen LogP) is 0.970. The molecular weight excluding hydrogens is 208 g/mol. The van der Waals surface area contributed by atoms with Gasteiger partial charge in [0.2, 0.25) is 0 Å². The molecule has 3 unspecified atom stereocenters. The van der Waals surface area contributed by atoms with Gasteiger partial charge in [-0.25, -0.2) is 4.79 Å². The summed E-state index contributed by atoms with van der Waals surface area (Å²) in [7, 11) is 1.64. The zero-order valence-electron chi connectivity index (χ0n) is 10.3. The monoisotopic (exact) mass is 230 g/mol. The molecule has 1 aliphatic rings. The highest BCUT2D eigenvalue weighted by Gasteiger charge is 2.32. The van der Waals surface area contributed by atoms with E-state index in [9.17, 15) is 4.79 Å². The zero-order valence-corrected chi connectivity index (χ0v) is 10.3. The number of carbonyl (C=O) groups is 1. The van der Waals surface area contributed by atoms with Gasteiger partial charge in [0.05, 0.1) is 0 Å². The van der Waals surface area contributed by atoms with Gasteiger partial charge in [0.1, 0.15) is 6.10 Å². The first kappa shape index (κ1) is 13.3. The standard InChI is InChI=1S/C11H22N2O3/c1-8(5-7-15-3)16-11(14)13-6-4-10(12)9(13)2/h8-10H,4-7,12H2,1-3H3. The van der Waals surface area contributed by atoms with Crippen molar-refractivity contribution in [3.8, 4) is 0 Å². The fourth-order valence-electron chi connectivity index (χ4n) is 1.80. The van der Waals surface area contributed by atoms with Crippen molar-refractivity contribution in [2.24, 2.45) is 5.73 Å².